The maximum atomic E-state index is 12.0. The van der Waals surface area contributed by atoms with Crippen LogP contribution in [0.3, 0.4) is 0 Å². The van der Waals surface area contributed by atoms with Crippen LogP contribution in [0.5, 0.6) is 0 Å². The largest absolute Gasteiger partial charge is 0.365 e. The summed E-state index contributed by atoms with van der Waals surface area (Å²) in [5.41, 5.74) is 5.38. The minimum absolute atomic E-state index is 0.0468. The number of nitrogens with two attached hydrogens (primary N) is 1. The fourth-order valence-corrected chi connectivity index (χ4v) is 1.78. The Bertz CT molecular complexity index is 400. The first-order valence-corrected chi connectivity index (χ1v) is 6.68. The molecule has 0 atom stereocenters. The number of hydrogen-bond donors (Lipinski definition) is 2. The van der Waals surface area contributed by atoms with Gasteiger partial charge < -0.3 is 15.6 Å². The van der Waals surface area contributed by atoms with E-state index >= 15 is 0 Å². The van der Waals surface area contributed by atoms with Crippen molar-refractivity contribution in [3.8, 4) is 0 Å². The van der Waals surface area contributed by atoms with Gasteiger partial charge in [-0.15, -0.1) is 0 Å². The molecule has 0 aliphatic carbocycles. The molecule has 1 heterocycles. The van der Waals surface area contributed by atoms with Gasteiger partial charge in [0.15, 0.2) is 5.82 Å². The van der Waals surface area contributed by atoms with Crippen molar-refractivity contribution in [2.24, 2.45) is 5.73 Å². The Labute approximate surface area is 108 Å². The normalized spacial score (nSPS) is 10.9. The second-order valence-corrected chi connectivity index (χ2v) is 4.71. The van der Waals surface area contributed by atoms with E-state index in [-0.39, 0.29) is 11.6 Å². The molecule has 0 spiro atoms. The summed E-state index contributed by atoms with van der Waals surface area (Å²) in [6.07, 6.45) is 7.78. The van der Waals surface area contributed by atoms with Crippen LogP contribution in [0.4, 0.5) is 5.82 Å². The fourth-order valence-electron chi connectivity index (χ4n) is 1.78. The molecule has 5 heteroatoms. The standard InChI is InChI=1S/C13H24N4O/c1-11(2)17-10-9-16-12(13(17)18)15-8-6-4-3-5-7-14/h9-11H,3-8,14H2,1-2H3,(H,15,16). The molecule has 1 rings (SSSR count). The van der Waals surface area contributed by atoms with Crippen LogP contribution in [0, 0.1) is 0 Å². The Balaban J connectivity index is 2.43. The third-order valence-corrected chi connectivity index (χ3v) is 2.85. The molecule has 3 N–H and O–H groups in total. The molecule has 0 unspecified atom stereocenters. The highest BCUT2D eigenvalue weighted by molar-refractivity contribution is 5.30. The first kappa shape index (κ1) is 14.7. The molecule has 0 aromatic carbocycles. The van der Waals surface area contributed by atoms with Gasteiger partial charge in [0.1, 0.15) is 0 Å². The summed E-state index contributed by atoms with van der Waals surface area (Å²) in [7, 11) is 0. The van der Waals surface area contributed by atoms with Gasteiger partial charge in [0.2, 0.25) is 0 Å². The number of nitrogens with zero attached hydrogens (tertiary/aromatic N) is 2. The van der Waals surface area contributed by atoms with Gasteiger partial charge in [0.05, 0.1) is 0 Å². The molecular weight excluding hydrogens is 228 g/mol. The van der Waals surface area contributed by atoms with Gasteiger partial charge in [0.25, 0.3) is 5.56 Å². The lowest BCUT2D eigenvalue weighted by molar-refractivity contribution is 0.574. The Morgan fingerprint density at radius 1 is 1.33 bits per heavy atom. The van der Waals surface area contributed by atoms with E-state index in [2.05, 4.69) is 10.3 Å². The highest BCUT2D eigenvalue weighted by atomic mass is 16.1. The van der Waals surface area contributed by atoms with Crippen LogP contribution in [-0.4, -0.2) is 22.6 Å². The molecule has 0 amide bonds. The zero-order valence-electron chi connectivity index (χ0n) is 11.4. The third kappa shape index (κ3) is 4.49. The maximum Gasteiger partial charge on any atom is 0.293 e. The van der Waals surface area contributed by atoms with Crippen LogP contribution in [0.2, 0.25) is 0 Å². The lowest BCUT2D eigenvalue weighted by Crippen LogP contribution is -2.25. The van der Waals surface area contributed by atoms with E-state index in [1.165, 1.54) is 0 Å². The highest BCUT2D eigenvalue weighted by Crippen LogP contribution is 2.03. The zero-order chi connectivity index (χ0) is 13.4. The van der Waals surface area contributed by atoms with Crippen LogP contribution < -0.4 is 16.6 Å². The van der Waals surface area contributed by atoms with Crippen LogP contribution in [0.25, 0.3) is 0 Å². The van der Waals surface area contributed by atoms with E-state index in [0.29, 0.717) is 5.82 Å². The molecule has 102 valence electrons. The Morgan fingerprint density at radius 2 is 2.06 bits per heavy atom. The average molecular weight is 252 g/mol. The Hall–Kier alpha value is -1.36. The van der Waals surface area contributed by atoms with E-state index in [4.69, 9.17) is 5.73 Å². The minimum Gasteiger partial charge on any atom is -0.365 e. The molecule has 0 saturated carbocycles. The smallest absolute Gasteiger partial charge is 0.293 e. The van der Waals surface area contributed by atoms with Crippen molar-refractivity contribution in [1.82, 2.24) is 9.55 Å². The summed E-state index contributed by atoms with van der Waals surface area (Å²) >= 11 is 0. The van der Waals surface area contributed by atoms with Crippen molar-refractivity contribution in [1.29, 1.82) is 0 Å². The Morgan fingerprint density at radius 3 is 2.72 bits per heavy atom. The molecule has 0 fully saturated rings. The van der Waals surface area contributed by atoms with Crippen molar-refractivity contribution in [2.45, 2.75) is 45.6 Å². The SMILES string of the molecule is CC(C)n1ccnc(NCCCCCCN)c1=O. The van der Waals surface area contributed by atoms with Crippen molar-refractivity contribution < 1.29 is 0 Å². The van der Waals surface area contributed by atoms with Crippen LogP contribution >= 0.6 is 0 Å². The van der Waals surface area contributed by atoms with Gasteiger partial charge in [-0.25, -0.2) is 4.98 Å². The summed E-state index contributed by atoms with van der Waals surface area (Å²) in [6, 6.07) is 0.158. The lowest BCUT2D eigenvalue weighted by Gasteiger charge is -2.11. The second kappa shape index (κ2) is 7.87. The number of hydrogen-bond acceptors (Lipinski definition) is 4. The van der Waals surface area contributed by atoms with E-state index in [9.17, 15) is 4.79 Å². The van der Waals surface area contributed by atoms with Crippen LogP contribution in [0.1, 0.15) is 45.6 Å². The molecular formula is C13H24N4O. The number of rotatable bonds is 8. The minimum atomic E-state index is -0.0468. The number of unbranched alkanes of at least 4 members (excludes halogenated alkanes) is 3. The quantitative estimate of drug-likeness (QED) is 0.691. The van der Waals surface area contributed by atoms with E-state index in [0.717, 1.165) is 38.8 Å². The summed E-state index contributed by atoms with van der Waals surface area (Å²) in [6.45, 7) is 5.51. The van der Waals surface area contributed by atoms with Crippen molar-refractivity contribution >= 4 is 5.82 Å². The van der Waals surface area contributed by atoms with E-state index in [1.54, 1.807) is 17.0 Å². The van der Waals surface area contributed by atoms with Crippen molar-refractivity contribution in [2.75, 3.05) is 18.4 Å². The summed E-state index contributed by atoms with van der Waals surface area (Å²) in [5, 5.41) is 3.11. The van der Waals surface area contributed by atoms with Gasteiger partial charge in [-0.2, -0.15) is 0 Å². The predicted octanol–water partition coefficient (Wildman–Crippen LogP) is 1.76. The molecule has 0 saturated heterocycles. The number of nitrogens with one attached hydrogen (secondary N) is 1. The molecule has 1 aromatic heterocycles. The lowest BCUT2D eigenvalue weighted by atomic mass is 10.2. The molecule has 0 bridgehead atoms. The van der Waals surface area contributed by atoms with Crippen LogP contribution in [0.15, 0.2) is 17.2 Å². The predicted molar refractivity (Wildman–Crippen MR) is 74.9 cm³/mol. The third-order valence-electron chi connectivity index (χ3n) is 2.85. The highest BCUT2D eigenvalue weighted by Gasteiger charge is 2.05. The van der Waals surface area contributed by atoms with Crippen LogP contribution in [-0.2, 0) is 0 Å². The van der Waals surface area contributed by atoms with E-state index < -0.39 is 0 Å². The zero-order valence-corrected chi connectivity index (χ0v) is 11.4. The monoisotopic (exact) mass is 252 g/mol. The molecule has 0 aliphatic rings. The molecule has 18 heavy (non-hydrogen) atoms. The first-order chi connectivity index (χ1) is 8.66. The Kier molecular flexibility index (Phi) is 6.43. The first-order valence-electron chi connectivity index (χ1n) is 6.68. The number of anilines is 1. The summed E-state index contributed by atoms with van der Waals surface area (Å²) in [4.78, 5) is 16.1. The number of aromatic nitrogens is 2. The summed E-state index contributed by atoms with van der Waals surface area (Å²) < 4.78 is 1.68. The van der Waals surface area contributed by atoms with Gasteiger partial charge in [0, 0.05) is 25.0 Å². The maximum absolute atomic E-state index is 12.0. The van der Waals surface area contributed by atoms with E-state index in [1.807, 2.05) is 13.8 Å². The fraction of sp³-hybridized carbons (Fsp3) is 0.692. The molecule has 0 aliphatic heterocycles. The van der Waals surface area contributed by atoms with Gasteiger partial charge in [-0.05, 0) is 33.2 Å². The molecule has 0 radical (unpaired) electrons. The topological polar surface area (TPSA) is 72.9 Å². The van der Waals surface area contributed by atoms with Crippen molar-refractivity contribution in [3.05, 3.63) is 22.7 Å². The van der Waals surface area contributed by atoms with Crippen molar-refractivity contribution in [3.63, 3.8) is 0 Å². The second-order valence-electron chi connectivity index (χ2n) is 4.71. The van der Waals surface area contributed by atoms with Gasteiger partial charge in [-0.1, -0.05) is 12.8 Å². The van der Waals surface area contributed by atoms with Gasteiger partial charge in [-0.3, -0.25) is 4.79 Å². The van der Waals surface area contributed by atoms with Gasteiger partial charge >= 0.3 is 0 Å². The summed E-state index contributed by atoms with van der Waals surface area (Å²) in [5.74, 6) is 0.449. The average Bonchev–Trinajstić information content (AvgIpc) is 2.35. The molecule has 1 aromatic rings. The molecule has 5 nitrogen and oxygen atoms in total.